The van der Waals surface area contributed by atoms with Crippen molar-refractivity contribution in [3.8, 4) is 10.6 Å². The van der Waals surface area contributed by atoms with Gasteiger partial charge in [0.15, 0.2) is 0 Å². The minimum atomic E-state index is -0.433. The molecule has 106 valence electrons. The van der Waals surface area contributed by atoms with E-state index >= 15 is 0 Å². The van der Waals surface area contributed by atoms with Crippen molar-refractivity contribution < 1.29 is 13.9 Å². The van der Waals surface area contributed by atoms with Crippen LogP contribution in [0.25, 0.3) is 10.6 Å². The zero-order valence-corrected chi connectivity index (χ0v) is 11.9. The lowest BCUT2D eigenvalue weighted by Gasteiger charge is -2.03. The van der Waals surface area contributed by atoms with Gasteiger partial charge in [-0.15, -0.1) is 11.3 Å². The van der Waals surface area contributed by atoms with Crippen molar-refractivity contribution in [1.29, 1.82) is 0 Å². The Labute approximate surface area is 120 Å². The molecule has 1 aromatic heterocycles. The number of carbonyl (C=O) groups is 1. The summed E-state index contributed by atoms with van der Waals surface area (Å²) in [5.41, 5.74) is 1.33. The quantitative estimate of drug-likeness (QED) is 0.921. The Morgan fingerprint density at radius 3 is 3.00 bits per heavy atom. The number of hydrogen-bond donors (Lipinski definition) is 1. The summed E-state index contributed by atoms with van der Waals surface area (Å²) >= 11 is 1.39. The Morgan fingerprint density at radius 2 is 2.25 bits per heavy atom. The molecule has 0 spiro atoms. The van der Waals surface area contributed by atoms with Gasteiger partial charge in [-0.2, -0.15) is 0 Å². The second-order valence-electron chi connectivity index (χ2n) is 4.02. The van der Waals surface area contributed by atoms with Crippen molar-refractivity contribution in [2.45, 2.75) is 13.3 Å². The van der Waals surface area contributed by atoms with E-state index in [1.54, 1.807) is 25.1 Å². The van der Waals surface area contributed by atoms with Gasteiger partial charge in [0.2, 0.25) is 0 Å². The van der Waals surface area contributed by atoms with Crippen LogP contribution in [-0.2, 0) is 11.2 Å². The number of alkyl carbamates (subject to hydrolysis) is 1. The number of nitrogens with zero attached hydrogens (tertiary/aromatic N) is 1. The molecule has 4 nitrogen and oxygen atoms in total. The number of rotatable bonds is 5. The van der Waals surface area contributed by atoms with E-state index in [1.807, 2.05) is 5.38 Å². The third kappa shape index (κ3) is 3.77. The molecule has 0 bridgehead atoms. The SMILES string of the molecule is CCOC(=O)NCCc1csc(-c2ccccc2F)n1. The first kappa shape index (κ1) is 14.5. The maximum atomic E-state index is 13.6. The highest BCUT2D eigenvalue weighted by molar-refractivity contribution is 7.13. The van der Waals surface area contributed by atoms with Gasteiger partial charge in [-0.3, -0.25) is 0 Å². The van der Waals surface area contributed by atoms with Gasteiger partial charge in [0.25, 0.3) is 0 Å². The van der Waals surface area contributed by atoms with Crippen LogP contribution in [0.15, 0.2) is 29.6 Å². The zero-order valence-electron chi connectivity index (χ0n) is 11.1. The molecule has 0 atom stereocenters. The maximum absolute atomic E-state index is 13.6. The molecule has 2 aromatic rings. The van der Waals surface area contributed by atoms with Crippen LogP contribution in [0.2, 0.25) is 0 Å². The number of halogens is 1. The molecule has 0 unspecified atom stereocenters. The molecule has 0 saturated heterocycles. The Bertz CT molecular complexity index is 586. The van der Waals surface area contributed by atoms with Crippen LogP contribution < -0.4 is 5.32 Å². The first-order valence-electron chi connectivity index (χ1n) is 6.30. The first-order valence-corrected chi connectivity index (χ1v) is 7.18. The molecule has 1 aromatic carbocycles. The highest BCUT2D eigenvalue weighted by atomic mass is 32.1. The largest absolute Gasteiger partial charge is 0.450 e. The molecule has 1 heterocycles. The van der Waals surface area contributed by atoms with Gasteiger partial charge in [-0.25, -0.2) is 14.2 Å². The standard InChI is InChI=1S/C14H15FN2O2S/c1-2-19-14(18)16-8-7-10-9-20-13(17-10)11-5-3-4-6-12(11)15/h3-6,9H,2,7-8H2,1H3,(H,16,18). The predicted molar refractivity (Wildman–Crippen MR) is 76.2 cm³/mol. The van der Waals surface area contributed by atoms with Crippen molar-refractivity contribution in [2.24, 2.45) is 0 Å². The van der Waals surface area contributed by atoms with Crippen LogP contribution >= 0.6 is 11.3 Å². The minimum absolute atomic E-state index is 0.280. The zero-order chi connectivity index (χ0) is 14.4. The monoisotopic (exact) mass is 294 g/mol. The lowest BCUT2D eigenvalue weighted by atomic mass is 10.2. The van der Waals surface area contributed by atoms with Gasteiger partial charge in [0.1, 0.15) is 10.8 Å². The van der Waals surface area contributed by atoms with Crippen molar-refractivity contribution >= 4 is 17.4 Å². The van der Waals surface area contributed by atoms with E-state index in [2.05, 4.69) is 10.3 Å². The number of thiazole rings is 1. The molecule has 0 aliphatic rings. The van der Waals surface area contributed by atoms with E-state index in [-0.39, 0.29) is 5.82 Å². The average Bonchev–Trinajstić information content (AvgIpc) is 2.88. The van der Waals surface area contributed by atoms with Crippen molar-refractivity contribution in [2.75, 3.05) is 13.2 Å². The van der Waals surface area contributed by atoms with Crippen molar-refractivity contribution in [3.63, 3.8) is 0 Å². The van der Waals surface area contributed by atoms with Crippen LogP contribution in [0.1, 0.15) is 12.6 Å². The van der Waals surface area contributed by atoms with E-state index in [4.69, 9.17) is 4.74 Å². The molecule has 0 saturated carbocycles. The molecule has 2 rings (SSSR count). The third-order valence-electron chi connectivity index (χ3n) is 2.58. The highest BCUT2D eigenvalue weighted by Gasteiger charge is 2.09. The summed E-state index contributed by atoms with van der Waals surface area (Å²) < 4.78 is 18.4. The fourth-order valence-corrected chi connectivity index (χ4v) is 2.54. The lowest BCUT2D eigenvalue weighted by Crippen LogP contribution is -2.26. The van der Waals surface area contributed by atoms with E-state index < -0.39 is 6.09 Å². The Hall–Kier alpha value is -1.95. The molecule has 20 heavy (non-hydrogen) atoms. The van der Waals surface area contributed by atoms with Crippen LogP contribution in [0, 0.1) is 5.82 Å². The number of hydrogen-bond acceptors (Lipinski definition) is 4. The molecule has 0 radical (unpaired) electrons. The van der Waals surface area contributed by atoms with E-state index in [0.29, 0.717) is 30.1 Å². The summed E-state index contributed by atoms with van der Waals surface area (Å²) in [6.45, 7) is 2.54. The number of benzene rings is 1. The second-order valence-corrected chi connectivity index (χ2v) is 4.88. The number of aromatic nitrogens is 1. The molecule has 6 heteroatoms. The van der Waals surface area contributed by atoms with Crippen molar-refractivity contribution in [1.82, 2.24) is 10.3 Å². The van der Waals surface area contributed by atoms with E-state index in [9.17, 15) is 9.18 Å². The average molecular weight is 294 g/mol. The van der Waals surface area contributed by atoms with Crippen molar-refractivity contribution in [3.05, 3.63) is 41.2 Å². The molecular formula is C14H15FN2O2S. The topological polar surface area (TPSA) is 51.2 Å². The summed E-state index contributed by atoms with van der Waals surface area (Å²) in [6, 6.07) is 6.55. The summed E-state index contributed by atoms with van der Waals surface area (Å²) in [5, 5.41) is 5.14. The highest BCUT2D eigenvalue weighted by Crippen LogP contribution is 2.26. The van der Waals surface area contributed by atoms with Crippen LogP contribution in [0.3, 0.4) is 0 Å². The normalized spacial score (nSPS) is 10.3. The smallest absolute Gasteiger partial charge is 0.407 e. The number of ether oxygens (including phenoxy) is 1. The number of carbonyl (C=O) groups excluding carboxylic acids is 1. The fraction of sp³-hybridized carbons (Fsp3) is 0.286. The van der Waals surface area contributed by atoms with Gasteiger partial charge < -0.3 is 10.1 Å². The molecule has 1 amide bonds. The predicted octanol–water partition coefficient (Wildman–Crippen LogP) is 3.24. The molecule has 0 aliphatic carbocycles. The second kappa shape index (κ2) is 7.00. The summed E-state index contributed by atoms with van der Waals surface area (Å²) in [7, 11) is 0. The van der Waals surface area contributed by atoms with Crippen LogP contribution in [-0.4, -0.2) is 24.2 Å². The van der Waals surface area contributed by atoms with Crippen LogP contribution in [0.5, 0.6) is 0 Å². The molecular weight excluding hydrogens is 279 g/mol. The van der Waals surface area contributed by atoms with Gasteiger partial charge in [0.05, 0.1) is 12.3 Å². The molecule has 0 aliphatic heterocycles. The molecule has 1 N–H and O–H groups in total. The Morgan fingerprint density at radius 1 is 1.45 bits per heavy atom. The summed E-state index contributed by atoms with van der Waals surface area (Å²) in [6.07, 6.45) is 0.154. The molecule has 0 fully saturated rings. The lowest BCUT2D eigenvalue weighted by molar-refractivity contribution is 0.152. The number of nitrogens with one attached hydrogen (secondary N) is 1. The summed E-state index contributed by atoms with van der Waals surface area (Å²) in [4.78, 5) is 15.5. The van der Waals surface area contributed by atoms with Gasteiger partial charge in [0, 0.05) is 23.9 Å². The Kier molecular flexibility index (Phi) is 5.06. The van der Waals surface area contributed by atoms with E-state index in [1.165, 1.54) is 17.4 Å². The Balaban J connectivity index is 1.93. The van der Waals surface area contributed by atoms with Gasteiger partial charge in [-0.05, 0) is 19.1 Å². The van der Waals surface area contributed by atoms with Gasteiger partial charge >= 0.3 is 6.09 Å². The van der Waals surface area contributed by atoms with Crippen LogP contribution in [0.4, 0.5) is 9.18 Å². The van der Waals surface area contributed by atoms with E-state index in [0.717, 1.165) is 5.69 Å². The first-order chi connectivity index (χ1) is 9.70. The summed E-state index contributed by atoms with van der Waals surface area (Å²) in [5.74, 6) is -0.280. The minimum Gasteiger partial charge on any atom is -0.450 e. The fourth-order valence-electron chi connectivity index (χ4n) is 1.65. The number of amides is 1. The third-order valence-corrected chi connectivity index (χ3v) is 3.51. The maximum Gasteiger partial charge on any atom is 0.407 e. The van der Waals surface area contributed by atoms with Gasteiger partial charge in [-0.1, -0.05) is 12.1 Å².